The van der Waals surface area contributed by atoms with Gasteiger partial charge in [-0.3, -0.25) is 4.79 Å². The van der Waals surface area contributed by atoms with Crippen LogP contribution in [-0.2, 0) is 0 Å². The SMILES string of the molecule is Cc1nc2c(=O)[nH]c3cc(F)c(Br)cc3n2n1. The Labute approximate surface area is 102 Å². The van der Waals surface area contributed by atoms with Crippen molar-refractivity contribution in [2.45, 2.75) is 6.92 Å². The van der Waals surface area contributed by atoms with Crippen molar-refractivity contribution >= 4 is 32.6 Å². The first-order valence-corrected chi connectivity index (χ1v) is 5.60. The topological polar surface area (TPSA) is 63.0 Å². The molecule has 5 nitrogen and oxygen atoms in total. The molecule has 1 N–H and O–H groups in total. The van der Waals surface area contributed by atoms with Gasteiger partial charge in [0.15, 0.2) is 0 Å². The summed E-state index contributed by atoms with van der Waals surface area (Å²) in [4.78, 5) is 18.3. The molecule has 0 unspecified atom stereocenters. The van der Waals surface area contributed by atoms with Gasteiger partial charge in [0.25, 0.3) is 5.56 Å². The largest absolute Gasteiger partial charge is 0.317 e. The highest BCUT2D eigenvalue weighted by molar-refractivity contribution is 9.10. The van der Waals surface area contributed by atoms with E-state index in [9.17, 15) is 9.18 Å². The average Bonchev–Trinajstić information content (AvgIpc) is 2.64. The van der Waals surface area contributed by atoms with Gasteiger partial charge < -0.3 is 4.98 Å². The number of halogens is 2. The Morgan fingerprint density at radius 3 is 3.00 bits per heavy atom. The zero-order valence-corrected chi connectivity index (χ0v) is 10.2. The maximum atomic E-state index is 13.4. The van der Waals surface area contributed by atoms with E-state index in [1.807, 2.05) is 0 Å². The number of aromatic nitrogens is 4. The summed E-state index contributed by atoms with van der Waals surface area (Å²) in [6, 6.07) is 2.80. The van der Waals surface area contributed by atoms with E-state index in [0.717, 1.165) is 0 Å². The van der Waals surface area contributed by atoms with Crippen LogP contribution in [0.2, 0.25) is 0 Å². The molecule has 0 saturated carbocycles. The first-order chi connectivity index (χ1) is 8.06. The minimum atomic E-state index is -0.440. The van der Waals surface area contributed by atoms with Gasteiger partial charge in [0.1, 0.15) is 11.6 Å². The lowest BCUT2D eigenvalue weighted by molar-refractivity contribution is 0.622. The number of aromatic amines is 1. The van der Waals surface area contributed by atoms with Crippen molar-refractivity contribution in [1.29, 1.82) is 0 Å². The monoisotopic (exact) mass is 296 g/mol. The second kappa shape index (κ2) is 3.36. The molecule has 3 rings (SSSR count). The zero-order chi connectivity index (χ0) is 12.2. The average molecular weight is 297 g/mol. The van der Waals surface area contributed by atoms with E-state index in [0.29, 0.717) is 21.3 Å². The smallest absolute Gasteiger partial charge is 0.293 e. The van der Waals surface area contributed by atoms with Crippen molar-refractivity contribution in [3.63, 3.8) is 0 Å². The molecular weight excluding hydrogens is 291 g/mol. The summed E-state index contributed by atoms with van der Waals surface area (Å²) >= 11 is 3.10. The molecule has 0 aliphatic rings. The lowest BCUT2D eigenvalue weighted by atomic mass is 10.3. The predicted octanol–water partition coefficient (Wildman–Crippen LogP) is 1.78. The van der Waals surface area contributed by atoms with Crippen molar-refractivity contribution in [3.8, 4) is 0 Å². The molecule has 0 aliphatic heterocycles. The molecule has 0 fully saturated rings. The number of rotatable bonds is 0. The Bertz CT molecular complexity index is 807. The van der Waals surface area contributed by atoms with Crippen molar-refractivity contribution in [1.82, 2.24) is 19.6 Å². The van der Waals surface area contributed by atoms with E-state index in [1.165, 1.54) is 10.6 Å². The van der Waals surface area contributed by atoms with Gasteiger partial charge in [0, 0.05) is 6.07 Å². The fourth-order valence-electron chi connectivity index (χ4n) is 1.72. The Balaban J connectivity index is 2.62. The van der Waals surface area contributed by atoms with Gasteiger partial charge in [-0.05, 0) is 28.9 Å². The summed E-state index contributed by atoms with van der Waals surface area (Å²) in [6.45, 7) is 1.69. The van der Waals surface area contributed by atoms with Gasteiger partial charge in [0.05, 0.1) is 15.5 Å². The van der Waals surface area contributed by atoms with Gasteiger partial charge in [-0.2, -0.15) is 5.10 Å². The Morgan fingerprint density at radius 2 is 2.24 bits per heavy atom. The molecule has 1 aromatic carbocycles. The highest BCUT2D eigenvalue weighted by Gasteiger charge is 2.11. The van der Waals surface area contributed by atoms with Crippen LogP contribution < -0.4 is 5.56 Å². The Hall–Kier alpha value is -1.76. The summed E-state index contributed by atoms with van der Waals surface area (Å²) in [5, 5.41) is 4.12. The number of H-pyrrole nitrogens is 1. The number of benzene rings is 1. The quantitative estimate of drug-likeness (QED) is 0.688. The van der Waals surface area contributed by atoms with Gasteiger partial charge in [0.2, 0.25) is 5.65 Å². The predicted molar refractivity (Wildman–Crippen MR) is 63.5 cm³/mol. The maximum absolute atomic E-state index is 13.4. The van der Waals surface area contributed by atoms with E-state index < -0.39 is 5.82 Å². The van der Waals surface area contributed by atoms with E-state index in [1.54, 1.807) is 13.0 Å². The number of hydrogen-bond donors (Lipinski definition) is 1. The molecule has 17 heavy (non-hydrogen) atoms. The molecule has 2 aromatic heterocycles. The molecule has 0 atom stereocenters. The molecule has 3 aromatic rings. The van der Waals surface area contributed by atoms with Gasteiger partial charge in [-0.15, -0.1) is 0 Å². The standard InChI is InChI=1S/C10H6BrFN4O/c1-4-13-9-10(17)14-7-3-6(12)5(11)2-8(7)16(9)15-4/h2-3H,1H3,(H,14,17). The number of nitrogens with zero attached hydrogens (tertiary/aromatic N) is 3. The van der Waals surface area contributed by atoms with Crippen LogP contribution >= 0.6 is 15.9 Å². The van der Waals surface area contributed by atoms with Crippen LogP contribution in [0.3, 0.4) is 0 Å². The van der Waals surface area contributed by atoms with E-state index in [4.69, 9.17) is 0 Å². The van der Waals surface area contributed by atoms with Crippen molar-refractivity contribution in [3.05, 3.63) is 38.6 Å². The minimum absolute atomic E-state index is 0.202. The minimum Gasteiger partial charge on any atom is -0.317 e. The normalized spacial score (nSPS) is 11.5. The van der Waals surface area contributed by atoms with Crippen LogP contribution in [0.5, 0.6) is 0 Å². The maximum Gasteiger partial charge on any atom is 0.293 e. The zero-order valence-electron chi connectivity index (χ0n) is 8.66. The molecule has 0 amide bonds. The van der Waals surface area contributed by atoms with Crippen molar-refractivity contribution in [2.75, 3.05) is 0 Å². The molecule has 0 radical (unpaired) electrons. The van der Waals surface area contributed by atoms with E-state index >= 15 is 0 Å². The molecule has 2 heterocycles. The highest BCUT2D eigenvalue weighted by Crippen LogP contribution is 2.21. The van der Waals surface area contributed by atoms with Crippen LogP contribution in [0.15, 0.2) is 21.4 Å². The summed E-state index contributed by atoms with van der Waals surface area (Å²) in [5.74, 6) is 0.0489. The summed E-state index contributed by atoms with van der Waals surface area (Å²) in [6.07, 6.45) is 0. The molecule has 0 aliphatic carbocycles. The number of fused-ring (bicyclic) bond motifs is 3. The van der Waals surface area contributed by atoms with Crippen LogP contribution in [-0.4, -0.2) is 19.6 Å². The van der Waals surface area contributed by atoms with Gasteiger partial charge >= 0.3 is 0 Å². The molecule has 0 saturated heterocycles. The van der Waals surface area contributed by atoms with Crippen molar-refractivity contribution < 1.29 is 4.39 Å². The summed E-state index contributed by atoms with van der Waals surface area (Å²) in [7, 11) is 0. The lowest BCUT2D eigenvalue weighted by Crippen LogP contribution is -2.11. The lowest BCUT2D eigenvalue weighted by Gasteiger charge is -2.01. The first kappa shape index (κ1) is 10.4. The van der Waals surface area contributed by atoms with E-state index in [-0.39, 0.29) is 11.2 Å². The van der Waals surface area contributed by atoms with Crippen LogP contribution in [0.1, 0.15) is 5.82 Å². The number of hydrogen-bond acceptors (Lipinski definition) is 3. The number of nitrogens with one attached hydrogen (secondary N) is 1. The van der Waals surface area contributed by atoms with Crippen LogP contribution in [0, 0.1) is 12.7 Å². The van der Waals surface area contributed by atoms with Crippen LogP contribution in [0.4, 0.5) is 4.39 Å². The third-order valence-corrected chi connectivity index (χ3v) is 3.04. The van der Waals surface area contributed by atoms with Gasteiger partial charge in [-0.1, -0.05) is 0 Å². The third-order valence-electron chi connectivity index (χ3n) is 2.43. The summed E-state index contributed by atoms with van der Waals surface area (Å²) in [5.41, 5.74) is 0.787. The second-order valence-corrected chi connectivity index (χ2v) is 4.49. The summed E-state index contributed by atoms with van der Waals surface area (Å²) < 4.78 is 15.1. The Morgan fingerprint density at radius 1 is 1.47 bits per heavy atom. The molecule has 7 heteroatoms. The Kier molecular flexibility index (Phi) is 2.06. The fourth-order valence-corrected chi connectivity index (χ4v) is 2.05. The van der Waals surface area contributed by atoms with Crippen LogP contribution in [0.25, 0.3) is 16.7 Å². The molecule has 0 bridgehead atoms. The fraction of sp³-hybridized carbons (Fsp3) is 0.100. The molecule has 86 valence electrons. The van der Waals surface area contributed by atoms with Crippen molar-refractivity contribution in [2.24, 2.45) is 0 Å². The molecule has 0 spiro atoms. The first-order valence-electron chi connectivity index (χ1n) is 4.80. The molecular formula is C10H6BrFN4O. The third kappa shape index (κ3) is 1.46. The highest BCUT2D eigenvalue weighted by atomic mass is 79.9. The van der Waals surface area contributed by atoms with Gasteiger partial charge in [-0.25, -0.2) is 13.9 Å². The second-order valence-electron chi connectivity index (χ2n) is 3.63. The number of aryl methyl sites for hydroxylation is 1. The van der Waals surface area contributed by atoms with E-state index in [2.05, 4.69) is 31.0 Å².